The Labute approximate surface area is 189 Å². The Morgan fingerprint density at radius 3 is 2.17 bits per heavy atom. The van der Waals surface area contributed by atoms with Gasteiger partial charge in [-0.15, -0.1) is 0 Å². The van der Waals surface area contributed by atoms with Crippen molar-refractivity contribution in [2.45, 2.75) is 45.9 Å². The molecule has 1 heterocycles. The first-order valence-electron chi connectivity index (χ1n) is 10.1. The Balaban J connectivity index is 0.000000396. The monoisotopic (exact) mass is 472 g/mol. The first kappa shape index (κ1) is 25.3. The van der Waals surface area contributed by atoms with Gasteiger partial charge >= 0.3 is 0 Å². The zero-order valence-corrected chi connectivity index (χ0v) is 20.3. The van der Waals surface area contributed by atoms with Gasteiger partial charge in [-0.1, -0.05) is 101 Å². The first-order valence-corrected chi connectivity index (χ1v) is 11.8. The van der Waals surface area contributed by atoms with E-state index < -0.39 is 0 Å². The number of allylic oxidation sites excluding steroid dienone is 4. The number of thioether (sulfide) groups is 1. The van der Waals surface area contributed by atoms with Crippen LogP contribution in [-0.4, -0.2) is 11.7 Å². The lowest BCUT2D eigenvalue weighted by Gasteiger charge is -2.11. The number of benzene rings is 2. The summed E-state index contributed by atoms with van der Waals surface area (Å²) in [5.74, 6) is 0.945. The molecule has 1 aliphatic rings. The molecule has 0 amide bonds. The van der Waals surface area contributed by atoms with E-state index in [9.17, 15) is 0 Å². The van der Waals surface area contributed by atoms with E-state index in [4.69, 9.17) is 0 Å². The Morgan fingerprint density at radius 2 is 1.66 bits per heavy atom. The summed E-state index contributed by atoms with van der Waals surface area (Å²) in [5, 5.41) is 4.54. The lowest BCUT2D eigenvalue weighted by atomic mass is 10.1. The van der Waals surface area contributed by atoms with Crippen LogP contribution in [0, 0.1) is 0 Å². The van der Waals surface area contributed by atoms with Gasteiger partial charge in [0.25, 0.3) is 0 Å². The molecular weight excluding hydrogens is 440 g/mol. The van der Waals surface area contributed by atoms with E-state index in [1.54, 1.807) is 11.8 Å². The van der Waals surface area contributed by atoms with Gasteiger partial charge in [-0.2, -0.15) is 0 Å². The molecule has 1 aliphatic heterocycles. The number of aliphatic imine (C=N–C) groups is 1. The number of nitrogens with zero attached hydrogens (tertiary/aromatic N) is 1. The standard InChI is InChI=1S/C16H15BrN2S.C5H10.C4H8/c17-14-8-6-12(7-9-14)11-20-16-18-10-15(19-16)13-4-2-1-3-5-13;1-3-5-4-2;1-3-4-2/h1-9,15H,10-11H2,(H,18,19);3,5H,4H2,1-2H3;3-4H,1-2H3/b;5-3-;4-3-/t15-;;/m0../s1. The molecule has 0 spiro atoms. The van der Waals surface area contributed by atoms with Crippen LogP contribution in [0.1, 0.15) is 51.3 Å². The largest absolute Gasteiger partial charge is 0.356 e. The van der Waals surface area contributed by atoms with Crippen LogP contribution in [0.4, 0.5) is 0 Å². The zero-order chi connectivity index (χ0) is 21.3. The molecule has 1 N–H and O–H groups in total. The van der Waals surface area contributed by atoms with E-state index in [1.807, 2.05) is 39.0 Å². The minimum atomic E-state index is 0.323. The summed E-state index contributed by atoms with van der Waals surface area (Å²) in [5.41, 5.74) is 2.61. The summed E-state index contributed by atoms with van der Waals surface area (Å²) in [6, 6.07) is 19.2. The Kier molecular flexibility index (Phi) is 14.0. The van der Waals surface area contributed by atoms with Crippen molar-refractivity contribution in [3.05, 3.63) is 94.5 Å². The van der Waals surface area contributed by atoms with E-state index in [0.717, 1.165) is 28.4 Å². The second-order valence-electron chi connectivity index (χ2n) is 6.31. The average molecular weight is 474 g/mol. The molecule has 0 saturated heterocycles. The Hall–Kier alpha value is -1.78. The van der Waals surface area contributed by atoms with Crippen molar-refractivity contribution >= 4 is 32.9 Å². The molecule has 0 bridgehead atoms. The number of nitrogens with one attached hydrogen (secondary N) is 1. The summed E-state index contributed by atoms with van der Waals surface area (Å²) >= 11 is 5.22. The van der Waals surface area contributed by atoms with Gasteiger partial charge < -0.3 is 5.32 Å². The molecule has 29 heavy (non-hydrogen) atoms. The van der Waals surface area contributed by atoms with Crippen LogP contribution < -0.4 is 5.32 Å². The van der Waals surface area contributed by atoms with Crippen molar-refractivity contribution in [1.82, 2.24) is 5.32 Å². The van der Waals surface area contributed by atoms with Crippen LogP contribution in [0.25, 0.3) is 0 Å². The molecule has 0 aliphatic carbocycles. The lowest BCUT2D eigenvalue weighted by Crippen LogP contribution is -2.20. The third kappa shape index (κ3) is 11.1. The van der Waals surface area contributed by atoms with E-state index in [1.165, 1.54) is 11.1 Å². The number of hydrogen-bond donors (Lipinski definition) is 1. The Bertz CT molecular complexity index is 748. The third-order valence-electron chi connectivity index (χ3n) is 4.01. The molecular formula is C25H33BrN2S. The van der Waals surface area contributed by atoms with Crippen molar-refractivity contribution < 1.29 is 0 Å². The topological polar surface area (TPSA) is 24.4 Å². The fourth-order valence-corrected chi connectivity index (χ4v) is 3.50. The van der Waals surface area contributed by atoms with E-state index in [2.05, 4.69) is 93.8 Å². The van der Waals surface area contributed by atoms with Crippen molar-refractivity contribution in [3.63, 3.8) is 0 Å². The van der Waals surface area contributed by atoms with Gasteiger partial charge in [0.05, 0.1) is 12.6 Å². The van der Waals surface area contributed by atoms with E-state index in [-0.39, 0.29) is 0 Å². The maximum Gasteiger partial charge on any atom is 0.157 e. The van der Waals surface area contributed by atoms with Crippen molar-refractivity contribution in [1.29, 1.82) is 0 Å². The third-order valence-corrected chi connectivity index (χ3v) is 5.54. The predicted octanol–water partition coefficient (Wildman–Crippen LogP) is 7.94. The van der Waals surface area contributed by atoms with Gasteiger partial charge in [-0.25, -0.2) is 0 Å². The maximum absolute atomic E-state index is 4.59. The Morgan fingerprint density at radius 1 is 1.00 bits per heavy atom. The van der Waals surface area contributed by atoms with Crippen LogP contribution in [-0.2, 0) is 5.75 Å². The molecule has 156 valence electrons. The molecule has 0 unspecified atom stereocenters. The van der Waals surface area contributed by atoms with Gasteiger partial charge in [0.15, 0.2) is 5.17 Å². The number of rotatable bonds is 4. The highest BCUT2D eigenvalue weighted by Gasteiger charge is 2.18. The molecule has 0 aromatic heterocycles. The highest BCUT2D eigenvalue weighted by Crippen LogP contribution is 2.23. The number of amidine groups is 1. The normalized spacial score (nSPS) is 15.2. The zero-order valence-electron chi connectivity index (χ0n) is 17.9. The molecule has 3 rings (SSSR count). The molecule has 0 fully saturated rings. The molecule has 0 radical (unpaired) electrons. The molecule has 4 heteroatoms. The lowest BCUT2D eigenvalue weighted by molar-refractivity contribution is 0.712. The summed E-state index contributed by atoms with van der Waals surface area (Å²) in [7, 11) is 0. The summed E-state index contributed by atoms with van der Waals surface area (Å²) in [6.07, 6.45) is 9.34. The van der Waals surface area contributed by atoms with Crippen LogP contribution in [0.3, 0.4) is 0 Å². The number of hydrogen-bond acceptors (Lipinski definition) is 3. The highest BCUT2D eigenvalue weighted by atomic mass is 79.9. The predicted molar refractivity (Wildman–Crippen MR) is 136 cm³/mol. The molecule has 1 atom stereocenters. The van der Waals surface area contributed by atoms with Crippen LogP contribution >= 0.6 is 27.7 Å². The van der Waals surface area contributed by atoms with E-state index in [0.29, 0.717) is 6.04 Å². The fraction of sp³-hybridized carbons (Fsp3) is 0.320. The van der Waals surface area contributed by atoms with Crippen molar-refractivity contribution in [2.24, 2.45) is 4.99 Å². The number of halogens is 1. The molecule has 2 nitrogen and oxygen atoms in total. The first-order chi connectivity index (χ1) is 14.1. The molecule has 2 aromatic carbocycles. The molecule has 2 aromatic rings. The molecule has 0 saturated carbocycles. The van der Waals surface area contributed by atoms with Crippen molar-refractivity contribution in [3.8, 4) is 0 Å². The van der Waals surface area contributed by atoms with Gasteiger partial charge in [-0.05, 0) is 50.5 Å². The van der Waals surface area contributed by atoms with Crippen LogP contribution in [0.2, 0.25) is 0 Å². The smallest absolute Gasteiger partial charge is 0.157 e. The second kappa shape index (κ2) is 16.1. The summed E-state index contributed by atoms with van der Waals surface area (Å²) in [6.45, 7) is 8.98. The summed E-state index contributed by atoms with van der Waals surface area (Å²) < 4.78 is 1.12. The average Bonchev–Trinajstić information content (AvgIpc) is 3.24. The van der Waals surface area contributed by atoms with Crippen molar-refractivity contribution in [2.75, 3.05) is 6.54 Å². The summed E-state index contributed by atoms with van der Waals surface area (Å²) in [4.78, 5) is 4.59. The van der Waals surface area contributed by atoms with Gasteiger partial charge in [0.1, 0.15) is 0 Å². The van der Waals surface area contributed by atoms with Crippen LogP contribution in [0.15, 0.2) is 88.4 Å². The minimum absolute atomic E-state index is 0.323. The maximum atomic E-state index is 4.59. The SMILES string of the molecule is Brc1ccc(CSC2=NC[C@@H](c3ccccc3)N2)cc1.C/C=C\C.C/C=C\CC. The second-order valence-corrected chi connectivity index (χ2v) is 8.19. The van der Waals surface area contributed by atoms with Gasteiger partial charge in [-0.3, -0.25) is 4.99 Å². The quantitative estimate of drug-likeness (QED) is 0.456. The van der Waals surface area contributed by atoms with E-state index >= 15 is 0 Å². The highest BCUT2D eigenvalue weighted by molar-refractivity contribution is 9.10. The minimum Gasteiger partial charge on any atom is -0.356 e. The van der Waals surface area contributed by atoms with Crippen LogP contribution in [0.5, 0.6) is 0 Å². The fourth-order valence-electron chi connectivity index (χ4n) is 2.34. The van der Waals surface area contributed by atoms with Gasteiger partial charge in [0.2, 0.25) is 0 Å². The van der Waals surface area contributed by atoms with Gasteiger partial charge in [0, 0.05) is 10.2 Å².